The molecule has 2 unspecified atom stereocenters. The Balaban J connectivity index is 1.21. The van der Waals surface area contributed by atoms with Gasteiger partial charge < -0.3 is 19.1 Å². The Morgan fingerprint density at radius 2 is 1.11 bits per heavy atom. The molecule has 73 heavy (non-hydrogen) atoms. The first-order valence-electron chi connectivity index (χ1n) is 26.9. The minimum Gasteiger partial charge on any atom is -0.457 e. The van der Waals surface area contributed by atoms with Crippen LogP contribution in [0, 0.1) is 0 Å². The molecule has 13 rings (SSSR count). The number of hydrogen-bond acceptors (Lipinski definition) is 4. The quantitative estimate of drug-likeness (QED) is 0.164. The molecule has 2 atom stereocenters. The van der Waals surface area contributed by atoms with Crippen LogP contribution in [-0.4, -0.2) is 12.3 Å². The van der Waals surface area contributed by atoms with Crippen LogP contribution in [0.1, 0.15) is 124 Å². The fourth-order valence-corrected chi connectivity index (χ4v) is 13.6. The van der Waals surface area contributed by atoms with E-state index in [0.29, 0.717) is 0 Å². The summed E-state index contributed by atoms with van der Waals surface area (Å²) >= 11 is 0. The summed E-state index contributed by atoms with van der Waals surface area (Å²) < 4.78 is 7.26. The summed E-state index contributed by atoms with van der Waals surface area (Å²) in [4.78, 5) is 8.07. The fraction of sp³-hybridized carbons (Fsp3) is 0.294. The van der Waals surface area contributed by atoms with E-state index in [1.807, 2.05) is 0 Å². The Morgan fingerprint density at radius 1 is 0.466 bits per heavy atom. The van der Waals surface area contributed by atoms with E-state index in [4.69, 9.17) is 4.42 Å². The first-order chi connectivity index (χ1) is 34.8. The van der Waals surface area contributed by atoms with Gasteiger partial charge in [-0.3, -0.25) is 0 Å². The van der Waals surface area contributed by atoms with Gasteiger partial charge in [0.05, 0.1) is 11.2 Å². The van der Waals surface area contributed by atoms with Gasteiger partial charge in [-0.05, 0) is 147 Å². The molecule has 4 nitrogen and oxygen atoms in total. The highest BCUT2D eigenvalue weighted by Crippen LogP contribution is 2.62. The lowest BCUT2D eigenvalue weighted by Gasteiger charge is -2.51. The van der Waals surface area contributed by atoms with Crippen molar-refractivity contribution in [1.29, 1.82) is 0 Å². The third-order valence-electron chi connectivity index (χ3n) is 17.9. The number of para-hydroxylation sites is 2. The number of hydrogen-bond donors (Lipinski definition) is 0. The third-order valence-corrected chi connectivity index (χ3v) is 17.9. The van der Waals surface area contributed by atoms with Crippen molar-refractivity contribution in [2.75, 3.05) is 14.7 Å². The van der Waals surface area contributed by atoms with Crippen molar-refractivity contribution in [1.82, 2.24) is 0 Å². The molecule has 4 aliphatic rings. The van der Waals surface area contributed by atoms with Crippen molar-refractivity contribution >= 4 is 90.5 Å². The van der Waals surface area contributed by atoms with Crippen molar-refractivity contribution in [3.8, 4) is 11.1 Å². The van der Waals surface area contributed by atoms with Crippen molar-refractivity contribution in [2.45, 2.75) is 129 Å². The maximum Gasteiger partial charge on any atom is 0.257 e. The van der Waals surface area contributed by atoms with E-state index in [9.17, 15) is 0 Å². The number of rotatable bonds is 4. The largest absolute Gasteiger partial charge is 0.457 e. The number of anilines is 8. The van der Waals surface area contributed by atoms with E-state index in [-0.39, 0.29) is 33.9 Å². The summed E-state index contributed by atoms with van der Waals surface area (Å²) in [5.74, 6) is 0. The molecule has 0 amide bonds. The topological polar surface area (TPSA) is 22.9 Å². The lowest BCUT2D eigenvalue weighted by Crippen LogP contribution is -2.62. The zero-order valence-corrected chi connectivity index (χ0v) is 44.7. The van der Waals surface area contributed by atoms with E-state index >= 15 is 0 Å². The molecule has 1 aromatic heterocycles. The van der Waals surface area contributed by atoms with Crippen molar-refractivity contribution in [3.05, 3.63) is 186 Å². The normalized spacial score (nSPS) is 19.2. The van der Waals surface area contributed by atoms with Crippen LogP contribution < -0.4 is 31.1 Å². The van der Waals surface area contributed by atoms with Crippen molar-refractivity contribution in [2.24, 2.45) is 0 Å². The average Bonchev–Trinajstić information content (AvgIpc) is 3.85. The van der Waals surface area contributed by atoms with Gasteiger partial charge >= 0.3 is 0 Å². The molecule has 1 fully saturated rings. The van der Waals surface area contributed by atoms with Gasteiger partial charge in [-0.15, -0.1) is 0 Å². The van der Waals surface area contributed by atoms with E-state index in [1.54, 1.807) is 0 Å². The fourth-order valence-electron chi connectivity index (χ4n) is 13.6. The van der Waals surface area contributed by atoms with Gasteiger partial charge in [0.15, 0.2) is 0 Å². The molecule has 4 heterocycles. The Labute approximate surface area is 433 Å². The van der Waals surface area contributed by atoms with Crippen molar-refractivity contribution in [3.63, 3.8) is 0 Å². The molecule has 0 spiro atoms. The van der Waals surface area contributed by atoms with Gasteiger partial charge in [-0.1, -0.05) is 179 Å². The minimum absolute atomic E-state index is 0.0189. The van der Waals surface area contributed by atoms with E-state index in [1.165, 1.54) is 103 Å². The van der Waals surface area contributed by atoms with Gasteiger partial charge in [0.25, 0.3) is 6.71 Å². The number of nitrogens with zero attached hydrogens (tertiary/aromatic N) is 3. The Hall–Kier alpha value is -6.98. The highest BCUT2D eigenvalue weighted by Gasteiger charge is 2.58. The van der Waals surface area contributed by atoms with Gasteiger partial charge in [0.2, 0.25) is 0 Å². The molecule has 5 heteroatoms. The molecule has 0 bridgehead atoms. The molecule has 1 aliphatic carbocycles. The molecule has 364 valence electrons. The summed E-state index contributed by atoms with van der Waals surface area (Å²) in [6.45, 7) is 26.0. The second kappa shape index (κ2) is 15.8. The lowest BCUT2D eigenvalue weighted by molar-refractivity contribution is 0.195. The first kappa shape index (κ1) is 45.9. The van der Waals surface area contributed by atoms with Crippen LogP contribution in [0.4, 0.5) is 45.5 Å². The molecular weight excluding hydrogens is 886 g/mol. The number of benzene rings is 8. The predicted octanol–water partition coefficient (Wildman–Crippen LogP) is 17.0. The summed E-state index contributed by atoms with van der Waals surface area (Å²) in [6, 6.07) is 63.0. The van der Waals surface area contributed by atoms with E-state index in [2.05, 4.69) is 255 Å². The molecule has 0 saturated heterocycles. The standard InChI is InChI=1S/C68H68BN3O/c1-64(2,3)44-24-21-25-47(38-44)70-57-40-46(66(7,8)9)30-33-53(57)69-61-58(70)41-48(72-55-28-17-16-27-52(55)67(10)36-19-20-37-68(67,72)11)42-59(61)71(56-35-32-50-49-26-15-18-29-60(49)73-63(50)62(56)69)54-34-31-45(65(4,5)6)39-51(54)43-22-13-12-14-23-43/h12-18,21-35,38-42H,19-20,36-37H2,1-11H3. The van der Waals surface area contributed by atoms with Gasteiger partial charge in [-0.2, -0.15) is 0 Å². The third kappa shape index (κ3) is 6.72. The maximum atomic E-state index is 7.26. The Kier molecular flexibility index (Phi) is 9.90. The number of fused-ring (bicyclic) bond motifs is 11. The Morgan fingerprint density at radius 3 is 1.88 bits per heavy atom. The van der Waals surface area contributed by atoms with Crippen LogP contribution in [0.3, 0.4) is 0 Å². The summed E-state index contributed by atoms with van der Waals surface area (Å²) in [5, 5.41) is 2.29. The van der Waals surface area contributed by atoms with Crippen LogP contribution in [-0.2, 0) is 21.7 Å². The zero-order valence-electron chi connectivity index (χ0n) is 44.7. The molecule has 0 N–H and O–H groups in total. The summed E-state index contributed by atoms with van der Waals surface area (Å²) in [6.07, 6.45) is 4.73. The van der Waals surface area contributed by atoms with E-state index in [0.717, 1.165) is 39.7 Å². The zero-order chi connectivity index (χ0) is 50.6. The van der Waals surface area contributed by atoms with Crippen LogP contribution in [0.2, 0.25) is 0 Å². The predicted molar refractivity (Wildman–Crippen MR) is 312 cm³/mol. The van der Waals surface area contributed by atoms with Gasteiger partial charge in [-0.25, -0.2) is 0 Å². The van der Waals surface area contributed by atoms with Crippen molar-refractivity contribution < 1.29 is 4.42 Å². The molecule has 1 saturated carbocycles. The van der Waals surface area contributed by atoms with Crippen LogP contribution in [0.25, 0.3) is 33.1 Å². The smallest absolute Gasteiger partial charge is 0.257 e. The highest BCUT2D eigenvalue weighted by atomic mass is 16.3. The van der Waals surface area contributed by atoms with Gasteiger partial charge in [0.1, 0.15) is 11.2 Å². The second-order valence-electron chi connectivity index (χ2n) is 25.3. The maximum absolute atomic E-state index is 7.26. The minimum atomic E-state index is -0.153. The highest BCUT2D eigenvalue weighted by molar-refractivity contribution is 7.01. The summed E-state index contributed by atoms with van der Waals surface area (Å²) in [7, 11) is 0. The second-order valence-corrected chi connectivity index (χ2v) is 25.3. The monoisotopic (exact) mass is 954 g/mol. The van der Waals surface area contributed by atoms with Gasteiger partial charge in [0, 0.05) is 61.6 Å². The molecule has 9 aromatic rings. The molecule has 8 aromatic carbocycles. The van der Waals surface area contributed by atoms with Crippen LogP contribution in [0.15, 0.2) is 168 Å². The molecule has 3 aliphatic heterocycles. The summed E-state index contributed by atoms with van der Waals surface area (Å²) in [5.41, 5.74) is 22.8. The van der Waals surface area contributed by atoms with E-state index < -0.39 is 0 Å². The van der Waals surface area contributed by atoms with Crippen LogP contribution in [0.5, 0.6) is 0 Å². The first-order valence-corrected chi connectivity index (χ1v) is 26.9. The molecule has 0 radical (unpaired) electrons. The Bertz CT molecular complexity index is 3710. The SMILES string of the molecule is CC(C)(C)c1cccc(N2c3cc(C(C)(C)C)ccc3B3c4c2cc(N2c5ccccc5C5(C)CCCCC25C)cc4N(c2ccc(C(C)(C)C)cc2-c2ccccc2)c2ccc4c(oc5ccccc54)c23)c1. The molecular formula is C68H68BN3O. The lowest BCUT2D eigenvalue weighted by atomic mass is 9.33. The average molecular weight is 954 g/mol. The van der Waals surface area contributed by atoms with Crippen LogP contribution >= 0.6 is 0 Å². The number of furan rings is 1.